The summed E-state index contributed by atoms with van der Waals surface area (Å²) in [6, 6.07) is 6.30. The van der Waals surface area contributed by atoms with Gasteiger partial charge >= 0.3 is 6.03 Å². The predicted octanol–water partition coefficient (Wildman–Crippen LogP) is 0.979. The maximum absolute atomic E-state index is 13.3. The summed E-state index contributed by atoms with van der Waals surface area (Å²) in [4.78, 5) is 38.2. The Bertz CT molecular complexity index is 1000. The third kappa shape index (κ3) is 4.99. The van der Waals surface area contributed by atoms with E-state index in [1.807, 2.05) is 13.0 Å². The fraction of sp³-hybridized carbons (Fsp3) is 0.455. The molecule has 11 nitrogen and oxygen atoms in total. The van der Waals surface area contributed by atoms with E-state index in [1.54, 1.807) is 23.1 Å². The molecular formula is C22H28N6O5. The number of amides is 3. The third-order valence-electron chi connectivity index (χ3n) is 5.60. The van der Waals surface area contributed by atoms with Crippen LogP contribution in [-0.2, 0) is 0 Å². The van der Waals surface area contributed by atoms with Gasteiger partial charge in [-0.3, -0.25) is 15.0 Å². The Balaban J connectivity index is 1.54. The van der Waals surface area contributed by atoms with Gasteiger partial charge in [-0.2, -0.15) is 0 Å². The average molecular weight is 457 g/mol. The molecule has 0 aromatic carbocycles. The van der Waals surface area contributed by atoms with Gasteiger partial charge in [0, 0.05) is 19.6 Å². The standard InChI is InChI=1S/C22H28N6O5/c1-2-23-21(31)17-6-7-18-20(25-17)28(14-4-3-9-27(18)11-14)22(32)26-19-8-5-16(10-24-19)33-13-15(30)12-29/h5-8,10,14-15,29-30H,2-4,9,11-13H2,1H3,(H,23,31)(H,24,26,32)/t14-,15-/m0/s1. The zero-order valence-electron chi connectivity index (χ0n) is 18.4. The molecule has 0 unspecified atom stereocenters. The van der Waals surface area contributed by atoms with Gasteiger partial charge < -0.3 is 25.2 Å². The first-order valence-electron chi connectivity index (χ1n) is 11.0. The molecule has 2 bridgehead atoms. The quantitative estimate of drug-likeness (QED) is 0.483. The molecule has 0 radical (unpaired) electrons. The summed E-state index contributed by atoms with van der Waals surface area (Å²) in [7, 11) is 0. The van der Waals surface area contributed by atoms with Crippen molar-refractivity contribution in [2.24, 2.45) is 0 Å². The second kappa shape index (κ2) is 10.0. The van der Waals surface area contributed by atoms with Crippen LogP contribution in [0, 0.1) is 0 Å². The molecule has 2 aromatic rings. The number of carbonyl (C=O) groups is 2. The van der Waals surface area contributed by atoms with Gasteiger partial charge in [0.15, 0.2) is 5.82 Å². The average Bonchev–Trinajstić information content (AvgIpc) is 2.83. The lowest BCUT2D eigenvalue weighted by Crippen LogP contribution is -2.56. The van der Waals surface area contributed by atoms with E-state index in [-0.39, 0.29) is 30.3 Å². The van der Waals surface area contributed by atoms with Crippen LogP contribution in [0.25, 0.3) is 0 Å². The van der Waals surface area contributed by atoms with Crippen molar-refractivity contribution >= 4 is 29.3 Å². The van der Waals surface area contributed by atoms with Crippen molar-refractivity contribution in [2.75, 3.05) is 48.0 Å². The molecule has 1 fully saturated rings. The van der Waals surface area contributed by atoms with E-state index < -0.39 is 12.7 Å². The Hall–Kier alpha value is -3.44. The van der Waals surface area contributed by atoms with Gasteiger partial charge in [0.05, 0.1) is 24.5 Å². The monoisotopic (exact) mass is 456 g/mol. The second-order valence-electron chi connectivity index (χ2n) is 7.97. The molecule has 0 spiro atoms. The van der Waals surface area contributed by atoms with Crippen molar-refractivity contribution in [2.45, 2.75) is 31.9 Å². The van der Waals surface area contributed by atoms with Crippen LogP contribution in [0.2, 0.25) is 0 Å². The lowest BCUT2D eigenvalue weighted by Gasteiger charge is -2.45. The number of nitrogens with one attached hydrogen (secondary N) is 2. The van der Waals surface area contributed by atoms with Crippen molar-refractivity contribution in [3.05, 3.63) is 36.2 Å². The smallest absolute Gasteiger partial charge is 0.329 e. The highest BCUT2D eigenvalue weighted by molar-refractivity contribution is 6.04. The highest BCUT2D eigenvalue weighted by atomic mass is 16.5. The summed E-state index contributed by atoms with van der Waals surface area (Å²) in [5.41, 5.74) is 1.09. The third-order valence-corrected chi connectivity index (χ3v) is 5.60. The Morgan fingerprint density at radius 2 is 2.15 bits per heavy atom. The van der Waals surface area contributed by atoms with Crippen molar-refractivity contribution < 1.29 is 24.5 Å². The van der Waals surface area contributed by atoms with Gasteiger partial charge in [-0.15, -0.1) is 0 Å². The molecule has 0 aliphatic carbocycles. The number of ether oxygens (including phenoxy) is 1. The first-order valence-corrected chi connectivity index (χ1v) is 11.0. The number of pyridine rings is 2. The maximum atomic E-state index is 13.3. The van der Waals surface area contributed by atoms with Crippen LogP contribution in [0.15, 0.2) is 30.5 Å². The molecule has 4 N–H and O–H groups in total. The summed E-state index contributed by atoms with van der Waals surface area (Å²) in [5, 5.41) is 23.8. The van der Waals surface area contributed by atoms with Crippen molar-refractivity contribution in [3.8, 4) is 5.75 Å². The van der Waals surface area contributed by atoms with E-state index in [4.69, 9.17) is 9.84 Å². The summed E-state index contributed by atoms with van der Waals surface area (Å²) in [5.74, 6) is 0.912. The number of aliphatic hydroxyl groups is 2. The number of piperidine rings is 1. The fourth-order valence-electron chi connectivity index (χ4n) is 4.02. The number of aliphatic hydroxyl groups excluding tert-OH is 2. The number of aromatic nitrogens is 2. The van der Waals surface area contributed by atoms with Gasteiger partial charge in [-0.1, -0.05) is 0 Å². The summed E-state index contributed by atoms with van der Waals surface area (Å²) in [6.07, 6.45) is 2.24. The molecule has 1 saturated heterocycles. The van der Waals surface area contributed by atoms with E-state index >= 15 is 0 Å². The summed E-state index contributed by atoms with van der Waals surface area (Å²) >= 11 is 0. The van der Waals surface area contributed by atoms with E-state index in [2.05, 4.69) is 25.5 Å². The fourth-order valence-corrected chi connectivity index (χ4v) is 4.02. The van der Waals surface area contributed by atoms with Gasteiger partial charge in [0.25, 0.3) is 5.91 Å². The Morgan fingerprint density at radius 1 is 1.30 bits per heavy atom. The highest BCUT2D eigenvalue weighted by Crippen LogP contribution is 2.38. The normalized spacial score (nSPS) is 17.7. The van der Waals surface area contributed by atoms with Crippen LogP contribution in [0.3, 0.4) is 0 Å². The number of hydrogen-bond acceptors (Lipinski definition) is 8. The van der Waals surface area contributed by atoms with Gasteiger partial charge in [-0.05, 0) is 44.0 Å². The van der Waals surface area contributed by atoms with E-state index in [0.29, 0.717) is 30.5 Å². The lowest BCUT2D eigenvalue weighted by atomic mass is 10.00. The van der Waals surface area contributed by atoms with Crippen molar-refractivity contribution in [1.29, 1.82) is 0 Å². The topological polar surface area (TPSA) is 140 Å². The van der Waals surface area contributed by atoms with Crippen LogP contribution < -0.4 is 25.2 Å². The predicted molar refractivity (Wildman–Crippen MR) is 122 cm³/mol. The zero-order valence-corrected chi connectivity index (χ0v) is 18.4. The van der Waals surface area contributed by atoms with Gasteiger partial charge in [0.1, 0.15) is 30.0 Å². The first kappa shape index (κ1) is 22.7. The largest absolute Gasteiger partial charge is 0.489 e. The van der Waals surface area contributed by atoms with Crippen molar-refractivity contribution in [3.63, 3.8) is 0 Å². The molecule has 2 aromatic heterocycles. The minimum atomic E-state index is -0.976. The molecule has 2 atom stereocenters. The number of rotatable bonds is 7. The molecule has 11 heteroatoms. The maximum Gasteiger partial charge on any atom is 0.329 e. The molecule has 4 rings (SSSR count). The highest BCUT2D eigenvalue weighted by Gasteiger charge is 2.38. The first-order chi connectivity index (χ1) is 16.0. The van der Waals surface area contributed by atoms with Crippen LogP contribution in [0.1, 0.15) is 30.3 Å². The minimum absolute atomic E-state index is 0.0633. The molecule has 4 heterocycles. The van der Waals surface area contributed by atoms with Crippen LogP contribution in [0.5, 0.6) is 5.75 Å². The molecule has 176 valence electrons. The number of anilines is 3. The van der Waals surface area contributed by atoms with Crippen molar-refractivity contribution in [1.82, 2.24) is 15.3 Å². The van der Waals surface area contributed by atoms with Gasteiger partial charge in [-0.25, -0.2) is 14.8 Å². The Kier molecular flexibility index (Phi) is 6.90. The van der Waals surface area contributed by atoms with Gasteiger partial charge in [0.2, 0.25) is 0 Å². The molecular weight excluding hydrogens is 428 g/mol. The van der Waals surface area contributed by atoms with Crippen LogP contribution in [0.4, 0.5) is 22.1 Å². The summed E-state index contributed by atoms with van der Waals surface area (Å²) < 4.78 is 5.34. The van der Waals surface area contributed by atoms with Crippen LogP contribution >= 0.6 is 0 Å². The Morgan fingerprint density at radius 3 is 2.88 bits per heavy atom. The Labute approximate surface area is 191 Å². The zero-order chi connectivity index (χ0) is 23.4. The number of nitrogens with zero attached hydrogens (tertiary/aromatic N) is 4. The van der Waals surface area contributed by atoms with E-state index in [1.165, 1.54) is 6.20 Å². The number of carbonyl (C=O) groups excluding carboxylic acids is 2. The molecule has 33 heavy (non-hydrogen) atoms. The molecule has 2 aliphatic heterocycles. The van der Waals surface area contributed by atoms with Crippen LogP contribution in [-0.4, -0.2) is 77.1 Å². The SMILES string of the molecule is CCNC(=O)c1ccc2c(n1)N(C(=O)Nc1ccc(OC[C@@H](O)CO)cn1)[C@H]1CCCN2C1. The minimum Gasteiger partial charge on any atom is -0.489 e. The number of urea groups is 1. The van der Waals surface area contributed by atoms with E-state index in [0.717, 1.165) is 25.1 Å². The number of fused-ring (bicyclic) bond motifs is 4. The molecule has 2 aliphatic rings. The second-order valence-corrected chi connectivity index (χ2v) is 7.97. The number of hydrogen-bond donors (Lipinski definition) is 4. The van der Waals surface area contributed by atoms with E-state index in [9.17, 15) is 14.7 Å². The molecule has 3 amide bonds. The lowest BCUT2D eigenvalue weighted by molar-refractivity contribution is 0.0535. The molecule has 0 saturated carbocycles. The summed E-state index contributed by atoms with van der Waals surface area (Å²) in [6.45, 7) is 3.45.